The van der Waals surface area contributed by atoms with Crippen LogP contribution in [0.2, 0.25) is 0 Å². The summed E-state index contributed by atoms with van der Waals surface area (Å²) in [4.78, 5) is 78.8. The standard InChI is InChI=1S/C48H48N10O5/c49-42-34(11-6-27-53-42)43-55-37-19-18-35(54-44(37)57(43)32-16-14-31(15-17-32)48(50)23-7-24-48)30-9-4-8-29(28-30)13-21-39(59)52-26-3-1-2-25-51-36-12-5-10-33-41(36)47(63)58(46(33)62)38-20-22-40(60)56-45(38)61/h4-6,8-12,14-19,27-28,38,51H,1-3,7,13,20-26,50H2,(H2,49,53)(H,52,59)(H,56,60,61). The lowest BCUT2D eigenvalue weighted by Gasteiger charge is -2.38. The Bertz CT molecular complexity index is 2780. The number of rotatable bonds is 15. The number of aryl methyl sites for hydroxylation is 1. The number of amides is 5. The maximum Gasteiger partial charge on any atom is 0.264 e. The van der Waals surface area contributed by atoms with Gasteiger partial charge in [-0.2, -0.15) is 0 Å². The summed E-state index contributed by atoms with van der Waals surface area (Å²) in [5, 5.41) is 8.52. The number of benzene rings is 3. The van der Waals surface area contributed by atoms with Crippen molar-refractivity contribution in [2.75, 3.05) is 24.1 Å². The summed E-state index contributed by atoms with van der Waals surface area (Å²) in [6.45, 7) is 1.08. The Morgan fingerprint density at radius 3 is 2.43 bits per heavy atom. The number of nitrogens with one attached hydrogen (secondary N) is 3. The van der Waals surface area contributed by atoms with E-state index in [1.807, 2.05) is 47.0 Å². The van der Waals surface area contributed by atoms with Gasteiger partial charge in [-0.25, -0.2) is 15.0 Å². The summed E-state index contributed by atoms with van der Waals surface area (Å²) < 4.78 is 2.02. The first-order valence-electron chi connectivity index (χ1n) is 21.5. The summed E-state index contributed by atoms with van der Waals surface area (Å²) in [5.41, 5.74) is 20.6. The van der Waals surface area contributed by atoms with E-state index in [-0.39, 0.29) is 35.4 Å². The van der Waals surface area contributed by atoms with Crippen LogP contribution in [-0.2, 0) is 26.3 Å². The van der Waals surface area contributed by atoms with Crippen molar-refractivity contribution in [3.8, 4) is 28.3 Å². The number of piperidine rings is 1. The maximum absolute atomic E-state index is 13.4. The first-order chi connectivity index (χ1) is 30.6. The second kappa shape index (κ2) is 17.2. The molecule has 0 radical (unpaired) electrons. The van der Waals surface area contributed by atoms with E-state index in [1.165, 1.54) is 0 Å². The maximum atomic E-state index is 13.4. The van der Waals surface area contributed by atoms with E-state index >= 15 is 0 Å². The van der Waals surface area contributed by atoms with Crippen LogP contribution in [0.1, 0.15) is 89.6 Å². The third-order valence-corrected chi connectivity index (χ3v) is 12.4. The molecule has 63 heavy (non-hydrogen) atoms. The molecule has 320 valence electrons. The molecule has 0 bridgehead atoms. The Morgan fingerprint density at radius 1 is 0.857 bits per heavy atom. The number of anilines is 2. The molecule has 1 unspecified atom stereocenters. The molecular weight excluding hydrogens is 797 g/mol. The quantitative estimate of drug-likeness (QED) is 0.0614. The van der Waals surface area contributed by atoms with Gasteiger partial charge in [0, 0.05) is 54.6 Å². The number of nitrogen functional groups attached to an aromatic ring is 1. The number of hydrogen-bond donors (Lipinski definition) is 5. The molecule has 1 aliphatic carbocycles. The lowest BCUT2D eigenvalue weighted by molar-refractivity contribution is -0.136. The fourth-order valence-electron chi connectivity index (χ4n) is 8.71. The van der Waals surface area contributed by atoms with Crippen LogP contribution in [0, 0.1) is 0 Å². The topological polar surface area (TPSA) is 220 Å². The monoisotopic (exact) mass is 844 g/mol. The molecule has 3 aromatic heterocycles. The molecule has 15 heteroatoms. The number of aromatic nitrogens is 4. The first-order valence-corrected chi connectivity index (χ1v) is 21.5. The molecule has 5 amide bonds. The van der Waals surface area contributed by atoms with E-state index in [0.29, 0.717) is 60.0 Å². The summed E-state index contributed by atoms with van der Waals surface area (Å²) in [6, 6.07) is 28.1. The lowest BCUT2D eigenvalue weighted by Crippen LogP contribution is -2.54. The van der Waals surface area contributed by atoms with Gasteiger partial charge in [0.1, 0.15) is 17.4 Å². The van der Waals surface area contributed by atoms with Crippen LogP contribution in [0.25, 0.3) is 39.5 Å². The predicted molar refractivity (Wildman–Crippen MR) is 238 cm³/mol. The molecule has 1 atom stereocenters. The number of nitrogens with zero attached hydrogens (tertiary/aromatic N) is 5. The minimum absolute atomic E-state index is 0.0309. The third-order valence-electron chi connectivity index (χ3n) is 12.4. The Hall–Kier alpha value is -7.26. The number of carbonyl (C=O) groups is 5. The highest BCUT2D eigenvalue weighted by atomic mass is 16.2. The molecule has 0 spiro atoms. The highest BCUT2D eigenvalue weighted by Gasteiger charge is 2.45. The molecule has 1 saturated heterocycles. The van der Waals surface area contributed by atoms with Crippen molar-refractivity contribution >= 4 is 52.2 Å². The van der Waals surface area contributed by atoms with Crippen molar-refractivity contribution in [2.45, 2.75) is 75.8 Å². The average Bonchev–Trinajstić information content (AvgIpc) is 3.78. The molecule has 9 rings (SSSR count). The average molecular weight is 845 g/mol. The highest BCUT2D eigenvalue weighted by molar-refractivity contribution is 6.25. The van der Waals surface area contributed by atoms with E-state index in [4.69, 9.17) is 21.4 Å². The van der Waals surface area contributed by atoms with Gasteiger partial charge >= 0.3 is 0 Å². The highest BCUT2D eigenvalue weighted by Crippen LogP contribution is 2.40. The number of pyridine rings is 2. The molecule has 15 nitrogen and oxygen atoms in total. The summed E-state index contributed by atoms with van der Waals surface area (Å²) in [6.07, 6.45) is 8.17. The summed E-state index contributed by atoms with van der Waals surface area (Å²) in [5.74, 6) is -1.15. The minimum atomic E-state index is -1.01. The Kier molecular flexibility index (Phi) is 11.3. The molecule has 1 saturated carbocycles. The van der Waals surface area contributed by atoms with E-state index < -0.39 is 29.7 Å². The smallest absolute Gasteiger partial charge is 0.264 e. The summed E-state index contributed by atoms with van der Waals surface area (Å²) >= 11 is 0. The predicted octanol–water partition coefficient (Wildman–Crippen LogP) is 5.80. The van der Waals surface area contributed by atoms with Gasteiger partial charge in [0.2, 0.25) is 17.7 Å². The largest absolute Gasteiger partial charge is 0.384 e. The first kappa shape index (κ1) is 41.1. The fourth-order valence-corrected chi connectivity index (χ4v) is 8.71. The molecule has 7 N–H and O–H groups in total. The van der Waals surface area contributed by atoms with Crippen LogP contribution in [-0.4, -0.2) is 73.1 Å². The number of hydrogen-bond acceptors (Lipinski definition) is 11. The van der Waals surface area contributed by atoms with E-state index in [1.54, 1.807) is 24.4 Å². The van der Waals surface area contributed by atoms with Gasteiger partial charge in [-0.1, -0.05) is 36.4 Å². The Labute approximate surface area is 363 Å². The van der Waals surface area contributed by atoms with Crippen LogP contribution in [0.15, 0.2) is 97.2 Å². The molecular formula is C48H48N10O5. The van der Waals surface area contributed by atoms with Crippen molar-refractivity contribution in [1.82, 2.24) is 35.1 Å². The number of fused-ring (bicyclic) bond motifs is 2. The van der Waals surface area contributed by atoms with Gasteiger partial charge in [-0.3, -0.25) is 38.8 Å². The van der Waals surface area contributed by atoms with Crippen molar-refractivity contribution in [3.63, 3.8) is 0 Å². The van der Waals surface area contributed by atoms with Crippen molar-refractivity contribution in [2.24, 2.45) is 5.73 Å². The number of carbonyl (C=O) groups excluding carboxylic acids is 5. The zero-order valence-electron chi connectivity index (χ0n) is 34.7. The lowest BCUT2D eigenvalue weighted by atomic mass is 9.73. The van der Waals surface area contributed by atoms with Gasteiger partial charge in [-0.15, -0.1) is 0 Å². The van der Waals surface area contributed by atoms with Crippen molar-refractivity contribution in [1.29, 1.82) is 0 Å². The number of nitrogens with two attached hydrogens (primary N) is 2. The Balaban J connectivity index is 0.787. The molecule has 2 aliphatic heterocycles. The van der Waals surface area contributed by atoms with Crippen LogP contribution in [0.3, 0.4) is 0 Å². The molecule has 2 fully saturated rings. The van der Waals surface area contributed by atoms with Gasteiger partial charge in [0.25, 0.3) is 11.8 Å². The molecule has 3 aliphatic rings. The van der Waals surface area contributed by atoms with Crippen molar-refractivity contribution in [3.05, 3.63) is 119 Å². The fraction of sp³-hybridized carbons (Fsp3) is 0.292. The second-order valence-electron chi connectivity index (χ2n) is 16.5. The van der Waals surface area contributed by atoms with E-state index in [0.717, 1.165) is 71.5 Å². The normalized spacial score (nSPS) is 16.8. The van der Waals surface area contributed by atoms with Crippen LogP contribution < -0.4 is 27.4 Å². The van der Waals surface area contributed by atoms with E-state index in [9.17, 15) is 24.0 Å². The number of imide groups is 2. The zero-order valence-corrected chi connectivity index (χ0v) is 34.7. The second-order valence-corrected chi connectivity index (χ2v) is 16.5. The van der Waals surface area contributed by atoms with Crippen LogP contribution in [0.5, 0.6) is 0 Å². The zero-order chi connectivity index (χ0) is 43.7. The van der Waals surface area contributed by atoms with Gasteiger partial charge < -0.3 is 22.1 Å². The molecule has 5 heterocycles. The summed E-state index contributed by atoms with van der Waals surface area (Å²) in [7, 11) is 0. The number of unbranched alkanes of at least 4 members (excludes halogenated alkanes) is 2. The van der Waals surface area contributed by atoms with Gasteiger partial charge in [0.15, 0.2) is 11.5 Å². The van der Waals surface area contributed by atoms with Crippen LogP contribution >= 0.6 is 0 Å². The van der Waals surface area contributed by atoms with E-state index in [2.05, 4.69) is 51.3 Å². The Morgan fingerprint density at radius 2 is 1.65 bits per heavy atom. The van der Waals surface area contributed by atoms with Crippen LogP contribution in [0.4, 0.5) is 11.5 Å². The number of imidazole rings is 1. The third kappa shape index (κ3) is 8.14. The van der Waals surface area contributed by atoms with Crippen molar-refractivity contribution < 1.29 is 24.0 Å². The molecule has 6 aromatic rings. The molecule has 3 aromatic carbocycles. The van der Waals surface area contributed by atoms with Gasteiger partial charge in [-0.05, 0) is 117 Å². The SMILES string of the molecule is Nc1ncccc1-c1nc2ccc(-c3cccc(CCC(=O)NCCCCCNc4cccc5c4C(=O)N(C4CCC(=O)NC4=O)C5=O)c3)nc2n1-c1ccc(C2(N)CCC2)cc1. The van der Waals surface area contributed by atoms with Gasteiger partial charge in [0.05, 0.1) is 22.4 Å². The minimum Gasteiger partial charge on any atom is -0.384 e.